The van der Waals surface area contributed by atoms with Crippen LogP contribution in [0, 0.1) is 0 Å². The molecule has 1 rings (SSSR count). The fourth-order valence-electron chi connectivity index (χ4n) is 0.574. The number of nitrogens with one attached hydrogen (secondary N) is 1. The van der Waals surface area contributed by atoms with Crippen molar-refractivity contribution in [1.29, 1.82) is 0 Å². The van der Waals surface area contributed by atoms with Crippen LogP contribution < -0.4 is 11.1 Å². The summed E-state index contributed by atoms with van der Waals surface area (Å²) in [6.07, 6.45) is 3.37. The van der Waals surface area contributed by atoms with Crippen LogP contribution in [-0.2, 0) is 0 Å². The van der Waals surface area contributed by atoms with Crippen molar-refractivity contribution in [3.8, 4) is 0 Å². The molecule has 1 aromatic heterocycles. The Kier molecular flexibility index (Phi) is 2.63. The Morgan fingerprint density at radius 3 is 2.70 bits per heavy atom. The summed E-state index contributed by atoms with van der Waals surface area (Å²) in [7, 11) is 0. The van der Waals surface area contributed by atoms with Gasteiger partial charge in [-0.15, -0.1) is 0 Å². The first kappa shape index (κ1) is 6.95. The van der Waals surface area contributed by atoms with Gasteiger partial charge in [-0.05, 0) is 6.07 Å². The second-order valence-electron chi connectivity index (χ2n) is 1.79. The largest absolute Gasteiger partial charge is 0.353 e. The van der Waals surface area contributed by atoms with Crippen LogP contribution in [0.5, 0.6) is 0 Å². The van der Waals surface area contributed by atoms with Crippen LogP contribution in [0.2, 0.25) is 0 Å². The summed E-state index contributed by atoms with van der Waals surface area (Å²) in [5.74, 6) is 0.632. The Balaban J connectivity index is 2.43. The molecule has 54 valence electrons. The van der Waals surface area contributed by atoms with Crippen LogP contribution >= 0.6 is 0 Å². The van der Waals surface area contributed by atoms with Crippen LogP contribution in [-0.4, -0.2) is 23.1 Å². The fourth-order valence-corrected chi connectivity index (χ4v) is 0.574. The minimum Gasteiger partial charge on any atom is -0.353 e. The van der Waals surface area contributed by atoms with Gasteiger partial charge in [0.25, 0.3) is 0 Å². The molecule has 0 saturated carbocycles. The van der Waals surface area contributed by atoms with E-state index in [1.165, 1.54) is 0 Å². The monoisotopic (exact) mass is 138 g/mol. The highest BCUT2D eigenvalue weighted by Gasteiger charge is 1.87. The van der Waals surface area contributed by atoms with Gasteiger partial charge in [-0.2, -0.15) is 0 Å². The van der Waals surface area contributed by atoms with Crippen molar-refractivity contribution >= 4 is 5.95 Å². The zero-order chi connectivity index (χ0) is 7.23. The van der Waals surface area contributed by atoms with Gasteiger partial charge < -0.3 is 11.1 Å². The SMILES string of the molecule is NCCNc1ncccn1. The lowest BCUT2D eigenvalue weighted by Gasteiger charge is -1.99. The van der Waals surface area contributed by atoms with Gasteiger partial charge in [0, 0.05) is 25.5 Å². The van der Waals surface area contributed by atoms with Crippen molar-refractivity contribution in [2.75, 3.05) is 18.4 Å². The molecule has 0 aliphatic rings. The summed E-state index contributed by atoms with van der Waals surface area (Å²) in [5.41, 5.74) is 5.26. The Morgan fingerprint density at radius 2 is 2.10 bits per heavy atom. The van der Waals surface area contributed by atoms with E-state index in [1.807, 2.05) is 0 Å². The maximum atomic E-state index is 5.26. The number of nitrogens with two attached hydrogens (primary N) is 1. The van der Waals surface area contributed by atoms with Crippen molar-refractivity contribution in [3.05, 3.63) is 18.5 Å². The third-order valence-corrected chi connectivity index (χ3v) is 0.993. The average Bonchev–Trinajstić information content (AvgIpc) is 2.03. The molecule has 0 unspecified atom stereocenters. The number of hydrogen-bond acceptors (Lipinski definition) is 4. The van der Waals surface area contributed by atoms with E-state index < -0.39 is 0 Å². The van der Waals surface area contributed by atoms with Gasteiger partial charge in [-0.25, -0.2) is 9.97 Å². The molecule has 0 aliphatic carbocycles. The van der Waals surface area contributed by atoms with Gasteiger partial charge in [0.2, 0.25) is 5.95 Å². The first-order valence-corrected chi connectivity index (χ1v) is 3.14. The van der Waals surface area contributed by atoms with Crippen LogP contribution in [0.25, 0.3) is 0 Å². The highest BCUT2D eigenvalue weighted by atomic mass is 15.1. The van der Waals surface area contributed by atoms with Gasteiger partial charge >= 0.3 is 0 Å². The first-order chi connectivity index (χ1) is 4.93. The maximum absolute atomic E-state index is 5.26. The molecule has 0 aromatic carbocycles. The summed E-state index contributed by atoms with van der Waals surface area (Å²) < 4.78 is 0. The molecule has 0 spiro atoms. The minimum absolute atomic E-state index is 0.595. The first-order valence-electron chi connectivity index (χ1n) is 3.14. The van der Waals surface area contributed by atoms with Crippen molar-refractivity contribution in [2.24, 2.45) is 5.73 Å². The summed E-state index contributed by atoms with van der Waals surface area (Å²) in [5, 5.41) is 2.95. The Bertz CT molecular complexity index is 174. The lowest BCUT2D eigenvalue weighted by atomic mass is 10.6. The van der Waals surface area contributed by atoms with E-state index in [0.29, 0.717) is 19.0 Å². The van der Waals surface area contributed by atoms with Crippen LogP contribution in [0.1, 0.15) is 0 Å². The Hall–Kier alpha value is -1.16. The molecule has 0 aliphatic heterocycles. The molecule has 0 saturated heterocycles. The number of rotatable bonds is 3. The summed E-state index contributed by atoms with van der Waals surface area (Å²) in [6, 6.07) is 1.77. The lowest BCUT2D eigenvalue weighted by molar-refractivity contribution is 0.989. The van der Waals surface area contributed by atoms with E-state index in [-0.39, 0.29) is 0 Å². The second-order valence-corrected chi connectivity index (χ2v) is 1.79. The average molecular weight is 138 g/mol. The topological polar surface area (TPSA) is 63.8 Å². The molecule has 0 atom stereocenters. The molecule has 1 aromatic rings. The number of nitrogens with zero attached hydrogens (tertiary/aromatic N) is 2. The summed E-state index contributed by atoms with van der Waals surface area (Å²) in [4.78, 5) is 7.88. The quantitative estimate of drug-likeness (QED) is 0.609. The fraction of sp³-hybridized carbons (Fsp3) is 0.333. The van der Waals surface area contributed by atoms with Crippen molar-refractivity contribution < 1.29 is 0 Å². The third-order valence-electron chi connectivity index (χ3n) is 0.993. The lowest BCUT2D eigenvalue weighted by Crippen LogP contribution is -2.14. The van der Waals surface area contributed by atoms with Crippen molar-refractivity contribution in [2.45, 2.75) is 0 Å². The van der Waals surface area contributed by atoms with Gasteiger partial charge in [0.1, 0.15) is 0 Å². The number of anilines is 1. The van der Waals surface area contributed by atoms with Crippen molar-refractivity contribution in [1.82, 2.24) is 9.97 Å². The van der Waals surface area contributed by atoms with Crippen LogP contribution in [0.15, 0.2) is 18.5 Å². The molecule has 10 heavy (non-hydrogen) atoms. The maximum Gasteiger partial charge on any atom is 0.222 e. The molecule has 1 heterocycles. The summed E-state index contributed by atoms with van der Waals surface area (Å²) >= 11 is 0. The number of aromatic nitrogens is 2. The van der Waals surface area contributed by atoms with Gasteiger partial charge in [0.15, 0.2) is 0 Å². The van der Waals surface area contributed by atoms with E-state index in [1.54, 1.807) is 18.5 Å². The highest BCUT2D eigenvalue weighted by molar-refractivity contribution is 5.21. The molecule has 0 radical (unpaired) electrons. The molecule has 0 amide bonds. The van der Waals surface area contributed by atoms with Gasteiger partial charge in [0.05, 0.1) is 0 Å². The minimum atomic E-state index is 0.595. The molecule has 0 fully saturated rings. The van der Waals surface area contributed by atoms with E-state index in [9.17, 15) is 0 Å². The Labute approximate surface area is 59.5 Å². The molecule has 3 N–H and O–H groups in total. The second kappa shape index (κ2) is 3.79. The highest BCUT2D eigenvalue weighted by Crippen LogP contribution is 1.90. The van der Waals surface area contributed by atoms with E-state index in [4.69, 9.17) is 5.73 Å². The zero-order valence-corrected chi connectivity index (χ0v) is 5.62. The third kappa shape index (κ3) is 1.99. The predicted octanol–water partition coefficient (Wildman–Crippen LogP) is -0.153. The molecule has 4 heteroatoms. The van der Waals surface area contributed by atoms with Gasteiger partial charge in [-0.1, -0.05) is 0 Å². The van der Waals surface area contributed by atoms with Crippen LogP contribution in [0.4, 0.5) is 5.95 Å². The Morgan fingerprint density at radius 1 is 1.40 bits per heavy atom. The number of hydrogen-bond donors (Lipinski definition) is 2. The van der Waals surface area contributed by atoms with Crippen LogP contribution in [0.3, 0.4) is 0 Å². The van der Waals surface area contributed by atoms with E-state index in [0.717, 1.165) is 0 Å². The van der Waals surface area contributed by atoms with Gasteiger partial charge in [-0.3, -0.25) is 0 Å². The molecular weight excluding hydrogens is 128 g/mol. The molecular formula is C6H10N4. The van der Waals surface area contributed by atoms with Crippen molar-refractivity contribution in [3.63, 3.8) is 0 Å². The van der Waals surface area contributed by atoms with E-state index in [2.05, 4.69) is 15.3 Å². The normalized spacial score (nSPS) is 9.30. The zero-order valence-electron chi connectivity index (χ0n) is 5.62. The standard InChI is InChI=1S/C6H10N4/c7-2-5-10-6-8-3-1-4-9-6/h1,3-4H,2,5,7H2,(H,8,9,10). The molecule has 4 nitrogen and oxygen atoms in total. The van der Waals surface area contributed by atoms with E-state index >= 15 is 0 Å². The predicted molar refractivity (Wildman–Crippen MR) is 39.6 cm³/mol. The smallest absolute Gasteiger partial charge is 0.222 e. The molecule has 0 bridgehead atoms. The summed E-state index contributed by atoms with van der Waals surface area (Å²) in [6.45, 7) is 1.31.